The highest BCUT2D eigenvalue weighted by molar-refractivity contribution is 6.09. The van der Waals surface area contributed by atoms with Gasteiger partial charge in [-0.15, -0.1) is 0 Å². The zero-order chi connectivity index (χ0) is 21.4. The number of hydrogen-bond acceptors (Lipinski definition) is 3. The normalized spacial score (nSPS) is 11.0. The molecule has 0 N–H and O–H groups in total. The molecule has 0 saturated carbocycles. The van der Waals surface area contributed by atoms with Crippen LogP contribution in [0.4, 0.5) is 0 Å². The third-order valence-electron chi connectivity index (χ3n) is 5.41. The Balaban J connectivity index is 1.83. The number of rotatable bonds is 3. The number of carbonyl (C=O) groups excluding carboxylic acids is 1. The van der Waals surface area contributed by atoms with Gasteiger partial charge in [-0.3, -0.25) is 14.4 Å². The van der Waals surface area contributed by atoms with Gasteiger partial charge in [0.25, 0.3) is 11.1 Å². The van der Waals surface area contributed by atoms with Crippen molar-refractivity contribution in [3.63, 3.8) is 0 Å². The van der Waals surface area contributed by atoms with Crippen LogP contribution < -0.4 is 11.1 Å². The molecule has 0 fully saturated rings. The second-order valence-electron chi connectivity index (χ2n) is 7.28. The van der Waals surface area contributed by atoms with Crippen molar-refractivity contribution in [2.45, 2.75) is 0 Å². The van der Waals surface area contributed by atoms with Crippen LogP contribution in [0.5, 0.6) is 0 Å². The number of fused-ring (bicyclic) bond motifs is 3. The van der Waals surface area contributed by atoms with Crippen LogP contribution in [0.25, 0.3) is 27.2 Å². The van der Waals surface area contributed by atoms with Gasteiger partial charge < -0.3 is 0 Å². The van der Waals surface area contributed by atoms with E-state index in [0.717, 1.165) is 15.3 Å². The van der Waals surface area contributed by atoms with E-state index in [1.54, 1.807) is 72.8 Å². The molecule has 0 saturated heterocycles. The number of benzene rings is 4. The Kier molecular flexibility index (Phi) is 4.53. The van der Waals surface area contributed by atoms with Crippen LogP contribution in [-0.4, -0.2) is 10.4 Å². The topological polar surface area (TPSA) is 56.1 Å². The van der Waals surface area contributed by atoms with Gasteiger partial charge in [0.05, 0.1) is 5.69 Å². The minimum atomic E-state index is -0.416. The Bertz CT molecular complexity index is 1510. The molecule has 5 rings (SSSR count). The second kappa shape index (κ2) is 7.50. The Hall–Kier alpha value is -4.31. The maximum atomic E-state index is 13.5. The van der Waals surface area contributed by atoms with Crippen molar-refractivity contribution in [2.24, 2.45) is 0 Å². The van der Waals surface area contributed by atoms with Crippen LogP contribution in [0.2, 0.25) is 0 Å². The lowest BCUT2D eigenvalue weighted by Gasteiger charge is -2.06. The molecular formula is C27H17NO3. The van der Waals surface area contributed by atoms with Crippen molar-refractivity contribution in [1.29, 1.82) is 0 Å². The van der Waals surface area contributed by atoms with Gasteiger partial charge in [-0.05, 0) is 35.0 Å². The molecular weight excluding hydrogens is 386 g/mol. The van der Waals surface area contributed by atoms with E-state index in [-0.39, 0.29) is 5.78 Å². The number of nitrogens with zero attached hydrogens (tertiary/aromatic N) is 1. The summed E-state index contributed by atoms with van der Waals surface area (Å²) in [7, 11) is 0. The van der Waals surface area contributed by atoms with Gasteiger partial charge in [0.2, 0.25) is 0 Å². The van der Waals surface area contributed by atoms with Gasteiger partial charge in [-0.1, -0.05) is 78.9 Å². The quantitative estimate of drug-likeness (QED) is 0.409. The number of ketones is 1. The molecule has 0 aliphatic rings. The first-order chi connectivity index (χ1) is 15.1. The van der Waals surface area contributed by atoms with Crippen molar-refractivity contribution in [3.05, 3.63) is 135 Å². The minimum Gasteiger partial charge on any atom is -0.289 e. The van der Waals surface area contributed by atoms with Crippen molar-refractivity contribution in [3.8, 4) is 5.69 Å². The van der Waals surface area contributed by atoms with Gasteiger partial charge >= 0.3 is 0 Å². The lowest BCUT2D eigenvalue weighted by molar-refractivity contribution is 0.103. The first-order valence-electron chi connectivity index (χ1n) is 9.92. The fraction of sp³-hybridized carbons (Fsp3) is 0. The van der Waals surface area contributed by atoms with E-state index in [1.165, 1.54) is 0 Å². The second-order valence-corrected chi connectivity index (χ2v) is 7.28. The van der Waals surface area contributed by atoms with E-state index < -0.39 is 11.1 Å². The highest BCUT2D eigenvalue weighted by Gasteiger charge is 2.14. The fourth-order valence-corrected chi connectivity index (χ4v) is 3.92. The zero-order valence-electron chi connectivity index (χ0n) is 16.5. The summed E-state index contributed by atoms with van der Waals surface area (Å²) in [5, 5.41) is 2.33. The van der Waals surface area contributed by atoms with E-state index in [4.69, 9.17) is 0 Å². The van der Waals surface area contributed by atoms with E-state index in [2.05, 4.69) is 0 Å². The van der Waals surface area contributed by atoms with Crippen molar-refractivity contribution in [1.82, 2.24) is 4.57 Å². The monoisotopic (exact) mass is 403 g/mol. The molecule has 1 heterocycles. The van der Waals surface area contributed by atoms with Crippen LogP contribution in [0.15, 0.2) is 113 Å². The fourth-order valence-electron chi connectivity index (χ4n) is 3.92. The van der Waals surface area contributed by atoms with Crippen LogP contribution in [-0.2, 0) is 0 Å². The van der Waals surface area contributed by atoms with Crippen molar-refractivity contribution < 1.29 is 4.79 Å². The summed E-state index contributed by atoms with van der Waals surface area (Å²) in [6, 6.07) is 30.0. The summed E-state index contributed by atoms with van der Waals surface area (Å²) in [5.41, 5.74) is 0.490. The molecule has 0 atom stereocenters. The molecule has 0 bridgehead atoms. The largest absolute Gasteiger partial charge is 0.289 e. The molecule has 31 heavy (non-hydrogen) atoms. The van der Waals surface area contributed by atoms with Gasteiger partial charge in [0.1, 0.15) is 0 Å². The zero-order valence-corrected chi connectivity index (χ0v) is 16.5. The molecule has 0 amide bonds. The lowest BCUT2D eigenvalue weighted by Crippen LogP contribution is -2.28. The molecule has 0 unspecified atom stereocenters. The van der Waals surface area contributed by atoms with Crippen LogP contribution >= 0.6 is 0 Å². The third-order valence-corrected chi connectivity index (χ3v) is 5.41. The molecule has 148 valence electrons. The van der Waals surface area contributed by atoms with E-state index in [0.29, 0.717) is 27.6 Å². The van der Waals surface area contributed by atoms with Crippen molar-refractivity contribution >= 4 is 27.3 Å². The van der Waals surface area contributed by atoms with Crippen molar-refractivity contribution in [2.75, 3.05) is 0 Å². The molecule has 4 nitrogen and oxygen atoms in total. The molecule has 4 aromatic carbocycles. The van der Waals surface area contributed by atoms with E-state index >= 15 is 0 Å². The molecule has 5 aromatic rings. The molecule has 4 heteroatoms. The first-order valence-corrected chi connectivity index (χ1v) is 9.92. The predicted molar refractivity (Wildman–Crippen MR) is 123 cm³/mol. The smallest absolute Gasteiger partial charge is 0.265 e. The lowest BCUT2D eigenvalue weighted by atomic mass is 10.0. The first kappa shape index (κ1) is 18.7. The summed E-state index contributed by atoms with van der Waals surface area (Å²) in [6.07, 6.45) is 0. The highest BCUT2D eigenvalue weighted by Crippen LogP contribution is 2.20. The Morgan fingerprint density at radius 1 is 0.516 bits per heavy atom. The summed E-state index contributed by atoms with van der Waals surface area (Å²) >= 11 is 0. The molecule has 0 spiro atoms. The summed E-state index contributed by atoms with van der Waals surface area (Å²) in [5.74, 6) is -0.169. The van der Waals surface area contributed by atoms with Crippen LogP contribution in [0, 0.1) is 0 Å². The molecule has 0 aliphatic carbocycles. The standard InChI is InChI=1S/C27H17NO3/c29-25(18-9-2-1-3-10-18)19-11-8-12-20(17-19)28-26(30)23-15-6-4-13-21(23)22-14-5-7-16-24(22)27(28)31/h1-17H. The molecule has 0 aliphatic heterocycles. The number of aromatic nitrogens is 1. The van der Waals surface area contributed by atoms with Crippen LogP contribution in [0.1, 0.15) is 15.9 Å². The molecule has 1 aromatic heterocycles. The van der Waals surface area contributed by atoms with Gasteiger partial charge in [-0.2, -0.15) is 0 Å². The number of hydrogen-bond donors (Lipinski definition) is 0. The Labute approximate surface area is 177 Å². The Morgan fingerprint density at radius 2 is 1.00 bits per heavy atom. The highest BCUT2D eigenvalue weighted by atomic mass is 16.2. The molecule has 0 radical (unpaired) electrons. The average molecular weight is 403 g/mol. The Morgan fingerprint density at radius 3 is 1.58 bits per heavy atom. The number of carbonyl (C=O) groups is 1. The maximum Gasteiger partial charge on any atom is 0.265 e. The summed E-state index contributed by atoms with van der Waals surface area (Å²) in [4.78, 5) is 39.9. The SMILES string of the molecule is O=C(c1ccccc1)c1cccc(-n2c(=O)c3ccccc3c3ccccc3c2=O)c1. The summed E-state index contributed by atoms with van der Waals surface area (Å²) < 4.78 is 1.16. The van der Waals surface area contributed by atoms with Crippen LogP contribution in [0.3, 0.4) is 0 Å². The van der Waals surface area contributed by atoms with E-state index in [9.17, 15) is 14.4 Å². The van der Waals surface area contributed by atoms with Gasteiger partial charge in [0, 0.05) is 21.9 Å². The van der Waals surface area contributed by atoms with Gasteiger partial charge in [0.15, 0.2) is 5.78 Å². The minimum absolute atomic E-state index is 0.169. The maximum absolute atomic E-state index is 13.5. The van der Waals surface area contributed by atoms with Gasteiger partial charge in [-0.25, -0.2) is 4.57 Å². The predicted octanol–water partition coefficient (Wildman–Crippen LogP) is 4.74. The average Bonchev–Trinajstić information content (AvgIpc) is 2.93. The van der Waals surface area contributed by atoms with E-state index in [1.807, 2.05) is 30.3 Å². The third kappa shape index (κ3) is 3.15. The summed E-state index contributed by atoms with van der Waals surface area (Å²) in [6.45, 7) is 0.